The van der Waals surface area contributed by atoms with Crippen LogP contribution in [-0.2, 0) is 6.42 Å². The van der Waals surface area contributed by atoms with Crippen LogP contribution in [0.1, 0.15) is 26.3 Å². The molecular weight excluding hydrogens is 176 g/mol. The third-order valence-corrected chi connectivity index (χ3v) is 1.83. The summed E-state index contributed by atoms with van der Waals surface area (Å²) in [6, 6.07) is 7.87. The van der Waals surface area contributed by atoms with E-state index in [-0.39, 0.29) is 12.2 Å². The van der Waals surface area contributed by atoms with Crippen molar-refractivity contribution in [2.75, 3.05) is 0 Å². The second kappa shape index (κ2) is 5.01. The molecule has 78 valence electrons. The van der Waals surface area contributed by atoms with Gasteiger partial charge in [0.25, 0.3) is 0 Å². The van der Waals surface area contributed by atoms with Gasteiger partial charge in [-0.3, -0.25) is 0 Å². The van der Waals surface area contributed by atoms with E-state index in [4.69, 9.17) is 4.74 Å². The van der Waals surface area contributed by atoms with Crippen molar-refractivity contribution in [3.63, 3.8) is 0 Å². The fourth-order valence-corrected chi connectivity index (χ4v) is 1.32. The van der Waals surface area contributed by atoms with Crippen LogP contribution in [0.2, 0.25) is 0 Å². The largest absolute Gasteiger partial charge is 0.491 e. The molecule has 0 aromatic heterocycles. The lowest BCUT2D eigenvalue weighted by Gasteiger charge is -2.10. The molecule has 1 aromatic rings. The van der Waals surface area contributed by atoms with E-state index in [1.807, 2.05) is 38.1 Å². The second-order valence-corrected chi connectivity index (χ2v) is 3.86. The molecule has 1 aromatic carbocycles. The molecule has 0 aliphatic heterocycles. The molecule has 0 bridgehead atoms. The van der Waals surface area contributed by atoms with Crippen LogP contribution in [0.25, 0.3) is 0 Å². The predicted octanol–water partition coefficient (Wildman–Crippen LogP) is 2.40. The zero-order valence-electron chi connectivity index (χ0n) is 9.03. The number of ether oxygens (including phenoxy) is 1. The van der Waals surface area contributed by atoms with E-state index in [1.54, 1.807) is 6.92 Å². The van der Waals surface area contributed by atoms with Crippen LogP contribution in [-0.4, -0.2) is 17.3 Å². The Bertz CT molecular complexity index is 233. The summed E-state index contributed by atoms with van der Waals surface area (Å²) in [5.74, 6) is 0.884. The van der Waals surface area contributed by atoms with E-state index in [0.29, 0.717) is 6.42 Å². The molecular formula is C12H18O2. The molecule has 0 heterocycles. The van der Waals surface area contributed by atoms with Crippen LogP contribution < -0.4 is 4.74 Å². The minimum absolute atomic E-state index is 0.206. The highest BCUT2D eigenvalue weighted by atomic mass is 16.5. The Balaban J connectivity index is 2.59. The summed E-state index contributed by atoms with van der Waals surface area (Å²) in [6.45, 7) is 5.80. The number of aliphatic hydroxyl groups is 1. The second-order valence-electron chi connectivity index (χ2n) is 3.86. The van der Waals surface area contributed by atoms with Gasteiger partial charge >= 0.3 is 0 Å². The number of rotatable bonds is 4. The summed E-state index contributed by atoms with van der Waals surface area (Å²) in [5.41, 5.74) is 1.14. The van der Waals surface area contributed by atoms with Crippen LogP contribution >= 0.6 is 0 Å². The molecule has 0 amide bonds. The van der Waals surface area contributed by atoms with Crippen molar-refractivity contribution in [2.45, 2.75) is 39.4 Å². The van der Waals surface area contributed by atoms with Gasteiger partial charge in [0.15, 0.2) is 0 Å². The Labute approximate surface area is 85.5 Å². The van der Waals surface area contributed by atoms with E-state index >= 15 is 0 Å². The minimum atomic E-state index is -0.285. The van der Waals surface area contributed by atoms with E-state index < -0.39 is 0 Å². The zero-order valence-corrected chi connectivity index (χ0v) is 9.03. The lowest BCUT2D eigenvalue weighted by Crippen LogP contribution is -2.06. The molecule has 1 rings (SSSR count). The predicted molar refractivity (Wildman–Crippen MR) is 57.6 cm³/mol. The quantitative estimate of drug-likeness (QED) is 0.797. The number of hydrogen-bond acceptors (Lipinski definition) is 2. The molecule has 14 heavy (non-hydrogen) atoms. The van der Waals surface area contributed by atoms with Crippen molar-refractivity contribution in [3.05, 3.63) is 29.8 Å². The number of hydrogen-bond donors (Lipinski definition) is 1. The van der Waals surface area contributed by atoms with Gasteiger partial charge in [-0.25, -0.2) is 0 Å². The van der Waals surface area contributed by atoms with Crippen molar-refractivity contribution in [3.8, 4) is 5.75 Å². The smallest absolute Gasteiger partial charge is 0.119 e. The standard InChI is InChI=1S/C12H18O2/c1-9(2)14-12-6-4-11(5-7-12)8-10(3)13/h4-7,9-10,13H,8H2,1-3H3. The van der Waals surface area contributed by atoms with Crippen molar-refractivity contribution in [2.24, 2.45) is 0 Å². The van der Waals surface area contributed by atoms with Crippen LogP contribution in [0.5, 0.6) is 5.75 Å². The highest BCUT2D eigenvalue weighted by molar-refractivity contribution is 5.27. The summed E-state index contributed by atoms with van der Waals surface area (Å²) < 4.78 is 5.51. The molecule has 2 heteroatoms. The molecule has 0 saturated heterocycles. The van der Waals surface area contributed by atoms with Gasteiger partial charge in [-0.05, 0) is 44.9 Å². The Morgan fingerprint density at radius 1 is 1.14 bits per heavy atom. The van der Waals surface area contributed by atoms with E-state index in [1.165, 1.54) is 0 Å². The maximum atomic E-state index is 9.19. The molecule has 0 saturated carbocycles. The topological polar surface area (TPSA) is 29.5 Å². The van der Waals surface area contributed by atoms with Gasteiger partial charge in [-0.1, -0.05) is 12.1 Å². The third kappa shape index (κ3) is 3.79. The van der Waals surface area contributed by atoms with Gasteiger partial charge in [-0.2, -0.15) is 0 Å². The summed E-state index contributed by atoms with van der Waals surface area (Å²) in [7, 11) is 0. The Morgan fingerprint density at radius 3 is 2.14 bits per heavy atom. The van der Waals surface area contributed by atoms with Crippen LogP contribution in [0.3, 0.4) is 0 Å². The highest BCUT2D eigenvalue weighted by Crippen LogP contribution is 2.14. The first-order valence-corrected chi connectivity index (χ1v) is 5.01. The monoisotopic (exact) mass is 194 g/mol. The molecule has 0 fully saturated rings. The van der Waals surface area contributed by atoms with Gasteiger partial charge in [-0.15, -0.1) is 0 Å². The first-order valence-electron chi connectivity index (χ1n) is 5.01. The van der Waals surface area contributed by atoms with E-state index in [9.17, 15) is 5.11 Å². The molecule has 1 atom stereocenters. The summed E-state index contributed by atoms with van der Waals surface area (Å²) in [5, 5.41) is 9.19. The van der Waals surface area contributed by atoms with Gasteiger partial charge < -0.3 is 9.84 Å². The molecule has 0 aliphatic rings. The Hall–Kier alpha value is -1.02. The Kier molecular flexibility index (Phi) is 3.96. The van der Waals surface area contributed by atoms with Crippen LogP contribution in [0.15, 0.2) is 24.3 Å². The molecule has 1 N–H and O–H groups in total. The van der Waals surface area contributed by atoms with Gasteiger partial charge in [0.2, 0.25) is 0 Å². The summed E-state index contributed by atoms with van der Waals surface area (Å²) in [6.07, 6.45) is 0.617. The molecule has 0 aliphatic carbocycles. The number of aliphatic hydroxyl groups excluding tert-OH is 1. The number of benzene rings is 1. The van der Waals surface area contributed by atoms with Crippen molar-refractivity contribution in [1.82, 2.24) is 0 Å². The average Bonchev–Trinajstić information content (AvgIpc) is 2.06. The zero-order chi connectivity index (χ0) is 10.6. The molecule has 1 unspecified atom stereocenters. The van der Waals surface area contributed by atoms with Crippen molar-refractivity contribution < 1.29 is 9.84 Å². The summed E-state index contributed by atoms with van der Waals surface area (Å²) >= 11 is 0. The fraction of sp³-hybridized carbons (Fsp3) is 0.500. The normalized spacial score (nSPS) is 12.9. The van der Waals surface area contributed by atoms with E-state index in [2.05, 4.69) is 0 Å². The van der Waals surface area contributed by atoms with Crippen molar-refractivity contribution in [1.29, 1.82) is 0 Å². The fourth-order valence-electron chi connectivity index (χ4n) is 1.32. The molecule has 2 nitrogen and oxygen atoms in total. The lowest BCUT2D eigenvalue weighted by atomic mass is 10.1. The maximum Gasteiger partial charge on any atom is 0.119 e. The SMILES string of the molecule is CC(O)Cc1ccc(OC(C)C)cc1. The van der Waals surface area contributed by atoms with Crippen LogP contribution in [0, 0.1) is 0 Å². The Morgan fingerprint density at radius 2 is 1.71 bits per heavy atom. The third-order valence-electron chi connectivity index (χ3n) is 1.83. The van der Waals surface area contributed by atoms with E-state index in [0.717, 1.165) is 11.3 Å². The summed E-state index contributed by atoms with van der Waals surface area (Å²) in [4.78, 5) is 0. The van der Waals surface area contributed by atoms with Crippen LogP contribution in [0.4, 0.5) is 0 Å². The molecule has 0 radical (unpaired) electrons. The van der Waals surface area contributed by atoms with Gasteiger partial charge in [0.05, 0.1) is 12.2 Å². The first-order chi connectivity index (χ1) is 6.58. The lowest BCUT2D eigenvalue weighted by molar-refractivity contribution is 0.195. The maximum absolute atomic E-state index is 9.19. The average molecular weight is 194 g/mol. The van der Waals surface area contributed by atoms with Gasteiger partial charge in [0, 0.05) is 0 Å². The van der Waals surface area contributed by atoms with Crippen molar-refractivity contribution >= 4 is 0 Å². The first kappa shape index (κ1) is 11.1. The molecule has 0 spiro atoms. The highest BCUT2D eigenvalue weighted by Gasteiger charge is 2.00. The minimum Gasteiger partial charge on any atom is -0.491 e. The van der Waals surface area contributed by atoms with Gasteiger partial charge in [0.1, 0.15) is 5.75 Å².